The van der Waals surface area contributed by atoms with Gasteiger partial charge in [-0.2, -0.15) is 0 Å². The molecule has 0 unspecified atom stereocenters. The largest absolute Gasteiger partial charge is 0.286 e. The Morgan fingerprint density at radius 2 is 0.979 bits per heavy atom. The first-order valence-corrected chi connectivity index (χ1v) is 17.7. The fourth-order valence-corrected chi connectivity index (χ4v) is 6.06. The van der Waals surface area contributed by atoms with Crippen molar-refractivity contribution in [3.05, 3.63) is 124 Å². The molecular weight excluding hydrogens is 597 g/mol. The van der Waals surface area contributed by atoms with Crippen molar-refractivity contribution in [3.8, 4) is 0 Å². The molecule has 242 valence electrons. The number of fused-ring (bicyclic) bond motifs is 4. The molecule has 47 heavy (non-hydrogen) atoms. The molecule has 2 aromatic carbocycles. The third-order valence-electron chi connectivity index (χ3n) is 8.56. The lowest BCUT2D eigenvalue weighted by atomic mass is 9.99. The van der Waals surface area contributed by atoms with E-state index < -0.39 is 0 Å². The van der Waals surface area contributed by atoms with Gasteiger partial charge in [0, 0.05) is 4.90 Å². The number of aromatic nitrogens is 2. The zero-order valence-electron chi connectivity index (χ0n) is 28.7. The van der Waals surface area contributed by atoms with Crippen LogP contribution >= 0.6 is 11.8 Å². The number of rotatable bonds is 6. The van der Waals surface area contributed by atoms with E-state index in [2.05, 4.69) is 68.6 Å². The standard InChI is InChI=1S/C40H46N6S/c1-26(2)33-18-14-31(15-19-33)22-34-24-41-27(3)37-10-9-13-40(46-37)30(6)44-35(23-32-16-20-36(47-7)21-17-32)25-42-28(4)38-11-8-12-39(45-38)29(5)43-34/h8-21,26,34-35H,22-25H2,1-7H3/t34-,35-/m0/s1. The van der Waals surface area contributed by atoms with Crippen molar-refractivity contribution in [2.24, 2.45) is 20.0 Å². The number of thioether (sulfide) groups is 1. The zero-order chi connectivity index (χ0) is 33.3. The number of nitrogens with zero attached hydrogens (tertiary/aromatic N) is 6. The molecule has 0 N–H and O–H groups in total. The average Bonchev–Trinajstić information content (AvgIpc) is 3.09. The highest BCUT2D eigenvalue weighted by atomic mass is 32.2. The van der Waals surface area contributed by atoms with E-state index in [0.29, 0.717) is 19.0 Å². The molecular formula is C40H46N6S. The summed E-state index contributed by atoms with van der Waals surface area (Å²) in [6.07, 6.45) is 3.66. The van der Waals surface area contributed by atoms with Gasteiger partial charge >= 0.3 is 0 Å². The van der Waals surface area contributed by atoms with Crippen molar-refractivity contribution < 1.29 is 0 Å². The Kier molecular flexibility index (Phi) is 11.6. The molecule has 0 radical (unpaired) electrons. The highest BCUT2D eigenvalue weighted by Gasteiger charge is 2.15. The van der Waals surface area contributed by atoms with Crippen molar-refractivity contribution in [1.82, 2.24) is 9.97 Å². The molecule has 0 saturated carbocycles. The summed E-state index contributed by atoms with van der Waals surface area (Å²) in [6.45, 7) is 13.7. The van der Waals surface area contributed by atoms with Crippen LogP contribution in [0.25, 0.3) is 0 Å². The monoisotopic (exact) mass is 642 g/mol. The molecule has 0 fully saturated rings. The Hall–Kier alpha value is -4.23. The van der Waals surface area contributed by atoms with E-state index in [1.165, 1.54) is 21.6 Å². The van der Waals surface area contributed by atoms with Gasteiger partial charge in [0.25, 0.3) is 0 Å². The van der Waals surface area contributed by atoms with Gasteiger partial charge in [0.15, 0.2) is 0 Å². The van der Waals surface area contributed by atoms with E-state index in [-0.39, 0.29) is 12.1 Å². The lowest BCUT2D eigenvalue weighted by Crippen LogP contribution is -2.19. The van der Waals surface area contributed by atoms with Gasteiger partial charge < -0.3 is 0 Å². The Bertz CT molecular complexity index is 1780. The first-order chi connectivity index (χ1) is 22.7. The second kappa shape index (κ2) is 16.1. The normalized spacial score (nSPS) is 17.6. The number of hydrogen-bond donors (Lipinski definition) is 0. The topological polar surface area (TPSA) is 75.2 Å². The van der Waals surface area contributed by atoms with Crippen LogP contribution in [0, 0.1) is 0 Å². The smallest absolute Gasteiger partial charge is 0.0845 e. The van der Waals surface area contributed by atoms with Gasteiger partial charge in [-0.05, 0) is 106 Å². The van der Waals surface area contributed by atoms with Crippen LogP contribution in [0.1, 0.15) is 86.9 Å². The van der Waals surface area contributed by atoms with Gasteiger partial charge in [0.1, 0.15) is 0 Å². The molecule has 3 heterocycles. The summed E-state index contributed by atoms with van der Waals surface area (Å²) >= 11 is 1.75. The third kappa shape index (κ3) is 9.41. The Balaban J connectivity index is 1.53. The van der Waals surface area contributed by atoms with Gasteiger partial charge in [0.2, 0.25) is 0 Å². The van der Waals surface area contributed by atoms with E-state index in [1.807, 2.05) is 64.1 Å². The van der Waals surface area contributed by atoms with Crippen LogP contribution in [-0.2, 0) is 12.8 Å². The second-order valence-electron chi connectivity index (χ2n) is 12.6. The number of aliphatic imine (C=N–C) groups is 4. The fraction of sp³-hybridized carbons (Fsp3) is 0.350. The first-order valence-electron chi connectivity index (χ1n) is 16.5. The molecule has 0 amide bonds. The summed E-state index contributed by atoms with van der Waals surface area (Å²) in [4.78, 5) is 31.7. The predicted octanol–water partition coefficient (Wildman–Crippen LogP) is 8.49. The molecule has 7 heteroatoms. The molecule has 2 aromatic heterocycles. The van der Waals surface area contributed by atoms with Crippen molar-refractivity contribution in [2.75, 3.05) is 19.3 Å². The van der Waals surface area contributed by atoms with Crippen molar-refractivity contribution >= 4 is 34.6 Å². The summed E-state index contributed by atoms with van der Waals surface area (Å²) in [5.41, 5.74) is 10.8. The van der Waals surface area contributed by atoms with Gasteiger partial charge in [-0.15, -0.1) is 11.8 Å². The maximum absolute atomic E-state index is 5.21. The van der Waals surface area contributed by atoms with Crippen LogP contribution in [0.5, 0.6) is 0 Å². The zero-order valence-corrected chi connectivity index (χ0v) is 29.6. The van der Waals surface area contributed by atoms with E-state index in [4.69, 9.17) is 29.9 Å². The molecule has 1 aliphatic rings. The maximum atomic E-state index is 5.21. The van der Waals surface area contributed by atoms with Gasteiger partial charge in [-0.25, -0.2) is 9.97 Å². The van der Waals surface area contributed by atoms with E-state index >= 15 is 0 Å². The lowest BCUT2D eigenvalue weighted by Gasteiger charge is -2.15. The van der Waals surface area contributed by atoms with Crippen molar-refractivity contribution in [2.45, 2.75) is 77.3 Å². The van der Waals surface area contributed by atoms with E-state index in [1.54, 1.807) is 11.8 Å². The van der Waals surface area contributed by atoms with Crippen LogP contribution in [0.2, 0.25) is 0 Å². The Morgan fingerprint density at radius 1 is 0.574 bits per heavy atom. The summed E-state index contributed by atoms with van der Waals surface area (Å²) in [5, 5.41) is 0. The SMILES string of the molecule is CSc1ccc(C[C@H]2CN=C(C)c3cccc(n3)C(C)=N[C@@H](Cc3ccc(C(C)C)cc3)CN=C(C)c3cccc(n3)C(C)=N2)cc1. The van der Waals surface area contributed by atoms with E-state index in [0.717, 1.165) is 58.5 Å². The fourth-order valence-electron chi connectivity index (χ4n) is 5.65. The van der Waals surface area contributed by atoms with Crippen LogP contribution in [0.15, 0.2) is 110 Å². The van der Waals surface area contributed by atoms with Crippen LogP contribution in [0.3, 0.4) is 0 Å². The van der Waals surface area contributed by atoms with Crippen molar-refractivity contribution in [1.29, 1.82) is 0 Å². The minimum Gasteiger partial charge on any atom is -0.286 e. The Morgan fingerprint density at radius 3 is 1.38 bits per heavy atom. The van der Waals surface area contributed by atoms with Gasteiger partial charge in [-0.3, -0.25) is 20.0 Å². The van der Waals surface area contributed by atoms with Gasteiger partial charge in [-0.1, -0.05) is 62.4 Å². The minimum absolute atomic E-state index is 0.0498. The number of benzene rings is 2. The third-order valence-corrected chi connectivity index (χ3v) is 9.30. The summed E-state index contributed by atoms with van der Waals surface area (Å²) in [6, 6.07) is 29.7. The maximum Gasteiger partial charge on any atom is 0.0845 e. The second-order valence-corrected chi connectivity index (χ2v) is 13.4. The number of hydrogen-bond acceptors (Lipinski definition) is 7. The number of pyridine rings is 2. The summed E-state index contributed by atoms with van der Waals surface area (Å²) in [5.74, 6) is 0.498. The van der Waals surface area contributed by atoms with Gasteiger partial charge in [0.05, 0.1) is 70.8 Å². The van der Waals surface area contributed by atoms with Crippen LogP contribution in [-0.4, -0.2) is 64.2 Å². The molecule has 6 nitrogen and oxygen atoms in total. The molecule has 2 atom stereocenters. The minimum atomic E-state index is -0.0500. The first kappa shape index (κ1) is 34.1. The molecule has 0 saturated heterocycles. The quantitative estimate of drug-likeness (QED) is 0.198. The molecule has 0 aliphatic carbocycles. The Labute approximate surface area is 284 Å². The molecule has 1 aliphatic heterocycles. The van der Waals surface area contributed by atoms with E-state index in [9.17, 15) is 0 Å². The predicted molar refractivity (Wildman–Crippen MR) is 201 cm³/mol. The van der Waals surface area contributed by atoms with Crippen molar-refractivity contribution in [3.63, 3.8) is 0 Å². The summed E-state index contributed by atoms with van der Waals surface area (Å²) < 4.78 is 0. The highest BCUT2D eigenvalue weighted by Crippen LogP contribution is 2.19. The highest BCUT2D eigenvalue weighted by molar-refractivity contribution is 7.98. The average molecular weight is 643 g/mol. The molecule has 4 bridgehead atoms. The molecule has 5 rings (SSSR count). The lowest BCUT2D eigenvalue weighted by molar-refractivity contribution is 0.680. The van der Waals surface area contributed by atoms with Crippen LogP contribution in [0.4, 0.5) is 0 Å². The summed E-state index contributed by atoms with van der Waals surface area (Å²) in [7, 11) is 0. The molecule has 4 aromatic rings. The van der Waals surface area contributed by atoms with Crippen LogP contribution < -0.4 is 0 Å². The molecule has 0 spiro atoms.